The van der Waals surface area contributed by atoms with Crippen molar-refractivity contribution in [1.29, 1.82) is 0 Å². The number of thiocarbonyl (C=S) groups is 1. The van der Waals surface area contributed by atoms with Gasteiger partial charge in [-0.2, -0.15) is 17.5 Å². The van der Waals surface area contributed by atoms with E-state index in [4.69, 9.17) is 17.0 Å². The highest BCUT2D eigenvalue weighted by molar-refractivity contribution is 7.89. The van der Waals surface area contributed by atoms with Crippen LogP contribution in [0.3, 0.4) is 0 Å². The third kappa shape index (κ3) is 6.36. The number of alkyl halides is 3. The van der Waals surface area contributed by atoms with E-state index in [9.17, 15) is 26.4 Å². The zero-order valence-electron chi connectivity index (χ0n) is 18.1. The first-order valence-corrected chi connectivity index (χ1v) is 12.0. The maximum absolute atomic E-state index is 12.8. The number of carbonyl (C=O) groups is 1. The molecule has 0 saturated carbocycles. The van der Waals surface area contributed by atoms with E-state index in [1.807, 2.05) is 0 Å². The second-order valence-corrected chi connectivity index (χ2v) is 9.85. The summed E-state index contributed by atoms with van der Waals surface area (Å²) < 4.78 is 70.4. The number of anilines is 1. The van der Waals surface area contributed by atoms with Crippen LogP contribution >= 0.6 is 12.2 Å². The van der Waals surface area contributed by atoms with Gasteiger partial charge in [-0.25, -0.2) is 8.42 Å². The summed E-state index contributed by atoms with van der Waals surface area (Å²) in [6, 6.07) is 10.5. The molecule has 0 atom stereocenters. The molecule has 34 heavy (non-hydrogen) atoms. The number of ether oxygens (including phenoxy) is 1. The van der Waals surface area contributed by atoms with E-state index in [-0.39, 0.29) is 28.8 Å². The summed E-state index contributed by atoms with van der Waals surface area (Å²) in [5, 5.41) is 2.48. The van der Waals surface area contributed by atoms with Gasteiger partial charge in [-0.05, 0) is 67.5 Å². The Morgan fingerprint density at radius 2 is 1.74 bits per heavy atom. The molecule has 1 aliphatic rings. The van der Waals surface area contributed by atoms with Crippen molar-refractivity contribution in [1.82, 2.24) is 15.2 Å². The van der Waals surface area contributed by atoms with Gasteiger partial charge in [-0.3, -0.25) is 15.6 Å². The zero-order chi connectivity index (χ0) is 24.9. The van der Waals surface area contributed by atoms with Crippen molar-refractivity contribution in [2.75, 3.05) is 25.5 Å². The van der Waals surface area contributed by atoms with Crippen molar-refractivity contribution in [3.8, 4) is 5.75 Å². The average molecular weight is 517 g/mol. The van der Waals surface area contributed by atoms with Crippen molar-refractivity contribution in [3.63, 3.8) is 0 Å². The van der Waals surface area contributed by atoms with Crippen LogP contribution in [0.2, 0.25) is 0 Å². The quantitative estimate of drug-likeness (QED) is 0.415. The minimum absolute atomic E-state index is 0.0906. The molecular weight excluding hydrogens is 493 g/mol. The molecule has 1 amide bonds. The molecule has 1 saturated heterocycles. The summed E-state index contributed by atoms with van der Waals surface area (Å²) in [5.74, 6) is -0.303. The van der Waals surface area contributed by atoms with Gasteiger partial charge in [0.05, 0.1) is 17.6 Å². The van der Waals surface area contributed by atoms with Gasteiger partial charge in [0.1, 0.15) is 5.75 Å². The van der Waals surface area contributed by atoms with Crippen LogP contribution < -0.4 is 20.9 Å². The molecule has 13 heteroatoms. The van der Waals surface area contributed by atoms with Crippen LogP contribution in [0.4, 0.5) is 18.9 Å². The normalized spacial score (nSPS) is 15.4. The van der Waals surface area contributed by atoms with Crippen LogP contribution in [-0.2, 0) is 21.0 Å². The summed E-state index contributed by atoms with van der Waals surface area (Å²) in [4.78, 5) is 12.6. The van der Waals surface area contributed by atoms with Crippen LogP contribution in [0.15, 0.2) is 53.4 Å². The van der Waals surface area contributed by atoms with Gasteiger partial charge in [-0.15, -0.1) is 0 Å². The molecule has 0 spiro atoms. The number of hydrazine groups is 1. The molecule has 0 radical (unpaired) electrons. The van der Waals surface area contributed by atoms with E-state index in [1.165, 1.54) is 35.7 Å². The number of hydrogen-bond acceptors (Lipinski definition) is 5. The summed E-state index contributed by atoms with van der Waals surface area (Å²) in [5.41, 5.74) is 4.16. The molecule has 2 aromatic rings. The average Bonchev–Trinajstić information content (AvgIpc) is 2.82. The van der Waals surface area contributed by atoms with Crippen molar-refractivity contribution in [2.24, 2.45) is 5.92 Å². The number of nitrogens with zero attached hydrogens (tertiary/aromatic N) is 1. The van der Waals surface area contributed by atoms with Crippen LogP contribution in [0.5, 0.6) is 5.75 Å². The highest BCUT2D eigenvalue weighted by Crippen LogP contribution is 2.30. The van der Waals surface area contributed by atoms with Crippen molar-refractivity contribution >= 4 is 38.9 Å². The standard InChI is InChI=1S/C21H23F3N4O4S2/c1-32-17-5-7-18(8-6-17)34(30,31)28-11-9-14(10-12-28)19(29)26-27-20(33)25-16-4-2-3-15(13-16)21(22,23)24/h2-8,13-14H,9-12H2,1H3,(H,26,29)(H2,25,27,33). The first kappa shape index (κ1) is 25.7. The largest absolute Gasteiger partial charge is 0.497 e. The lowest BCUT2D eigenvalue weighted by Gasteiger charge is -2.30. The molecule has 1 heterocycles. The molecule has 0 aromatic heterocycles. The van der Waals surface area contributed by atoms with Gasteiger partial charge in [-0.1, -0.05) is 6.07 Å². The monoisotopic (exact) mass is 516 g/mol. The Labute approximate surface area is 200 Å². The molecule has 0 bridgehead atoms. The van der Waals surface area contributed by atoms with Crippen LogP contribution in [0, 0.1) is 5.92 Å². The summed E-state index contributed by atoms with van der Waals surface area (Å²) in [6.07, 6.45) is -3.88. The molecule has 0 unspecified atom stereocenters. The maximum Gasteiger partial charge on any atom is 0.416 e. The van der Waals surface area contributed by atoms with Gasteiger partial charge in [0.15, 0.2) is 5.11 Å². The number of piperidine rings is 1. The SMILES string of the molecule is COc1ccc(S(=O)(=O)N2CCC(C(=O)NNC(=S)Nc3cccc(C(F)(F)F)c3)CC2)cc1. The Hall–Kier alpha value is -2.90. The van der Waals surface area contributed by atoms with Crippen LogP contribution in [-0.4, -0.2) is 43.9 Å². The van der Waals surface area contributed by atoms with Crippen LogP contribution in [0.1, 0.15) is 18.4 Å². The minimum Gasteiger partial charge on any atom is -0.497 e. The Balaban J connectivity index is 1.48. The van der Waals surface area contributed by atoms with E-state index in [0.717, 1.165) is 12.1 Å². The van der Waals surface area contributed by atoms with Gasteiger partial charge in [0, 0.05) is 24.7 Å². The number of hydrogen-bond donors (Lipinski definition) is 3. The Morgan fingerprint density at radius 3 is 2.32 bits per heavy atom. The zero-order valence-corrected chi connectivity index (χ0v) is 19.7. The fourth-order valence-electron chi connectivity index (χ4n) is 3.41. The summed E-state index contributed by atoms with van der Waals surface area (Å²) in [7, 11) is -2.20. The second-order valence-electron chi connectivity index (χ2n) is 7.50. The summed E-state index contributed by atoms with van der Waals surface area (Å²) >= 11 is 5.02. The first-order valence-electron chi connectivity index (χ1n) is 10.2. The Kier molecular flexibility index (Phi) is 8.00. The van der Waals surface area contributed by atoms with Crippen molar-refractivity contribution in [2.45, 2.75) is 23.9 Å². The number of benzene rings is 2. The van der Waals surface area contributed by atoms with Crippen LogP contribution in [0.25, 0.3) is 0 Å². The molecule has 3 N–H and O–H groups in total. The summed E-state index contributed by atoms with van der Waals surface area (Å²) in [6.45, 7) is 0.332. The predicted octanol–water partition coefficient (Wildman–Crippen LogP) is 3.13. The number of amides is 1. The maximum atomic E-state index is 12.8. The third-order valence-corrected chi connectivity index (χ3v) is 7.39. The fraction of sp³-hybridized carbons (Fsp3) is 0.333. The van der Waals surface area contributed by atoms with Gasteiger partial charge in [0.2, 0.25) is 15.9 Å². The lowest BCUT2D eigenvalue weighted by atomic mass is 9.98. The number of carbonyl (C=O) groups excluding carboxylic acids is 1. The van der Waals surface area contributed by atoms with Crippen molar-refractivity contribution < 1.29 is 31.1 Å². The number of rotatable bonds is 5. The second kappa shape index (κ2) is 10.6. The third-order valence-electron chi connectivity index (χ3n) is 5.27. The number of nitrogens with one attached hydrogen (secondary N) is 3. The lowest BCUT2D eigenvalue weighted by Crippen LogP contribution is -2.49. The smallest absolute Gasteiger partial charge is 0.416 e. The van der Waals surface area contributed by atoms with E-state index in [2.05, 4.69) is 16.2 Å². The topological polar surface area (TPSA) is 99.8 Å². The molecule has 1 fully saturated rings. The molecule has 184 valence electrons. The molecular formula is C21H23F3N4O4S2. The van der Waals surface area contributed by atoms with E-state index in [0.29, 0.717) is 18.6 Å². The number of halogens is 3. The van der Waals surface area contributed by atoms with Gasteiger partial charge >= 0.3 is 6.18 Å². The lowest BCUT2D eigenvalue weighted by molar-refractivity contribution is -0.137. The highest BCUT2D eigenvalue weighted by Gasteiger charge is 2.32. The Bertz CT molecular complexity index is 1130. The fourth-order valence-corrected chi connectivity index (χ4v) is 5.05. The Morgan fingerprint density at radius 1 is 1.09 bits per heavy atom. The van der Waals surface area contributed by atoms with Gasteiger partial charge < -0.3 is 10.1 Å². The highest BCUT2D eigenvalue weighted by atomic mass is 32.2. The van der Waals surface area contributed by atoms with E-state index in [1.54, 1.807) is 12.1 Å². The molecule has 8 nitrogen and oxygen atoms in total. The van der Waals surface area contributed by atoms with E-state index < -0.39 is 33.6 Å². The molecule has 0 aliphatic carbocycles. The number of sulfonamides is 1. The first-order chi connectivity index (χ1) is 16.0. The van der Waals surface area contributed by atoms with Crippen molar-refractivity contribution in [3.05, 3.63) is 54.1 Å². The predicted molar refractivity (Wildman–Crippen MR) is 123 cm³/mol. The molecule has 2 aromatic carbocycles. The van der Waals surface area contributed by atoms with Gasteiger partial charge in [0.25, 0.3) is 0 Å². The minimum atomic E-state index is -4.49. The molecule has 1 aliphatic heterocycles. The van der Waals surface area contributed by atoms with E-state index >= 15 is 0 Å². The molecule has 3 rings (SSSR count). The number of methoxy groups -OCH3 is 1.